The topological polar surface area (TPSA) is 55.1 Å². The Bertz CT molecular complexity index is 435. The minimum Gasteiger partial charge on any atom is -0.354 e. The van der Waals surface area contributed by atoms with Gasteiger partial charge in [-0.3, -0.25) is 4.79 Å². The van der Waals surface area contributed by atoms with Gasteiger partial charge in [0.15, 0.2) is 0 Å². The maximum absolute atomic E-state index is 11.8. The average Bonchev–Trinajstić information content (AvgIpc) is 2.25. The van der Waals surface area contributed by atoms with Crippen LogP contribution >= 0.6 is 23.2 Å². The van der Waals surface area contributed by atoms with Crippen LogP contribution in [0.1, 0.15) is 26.3 Å². The van der Waals surface area contributed by atoms with Crippen LogP contribution < -0.4 is 11.1 Å². The van der Waals surface area contributed by atoms with Gasteiger partial charge in [-0.25, -0.2) is 0 Å². The van der Waals surface area contributed by atoms with E-state index in [-0.39, 0.29) is 11.3 Å². The molecule has 5 heteroatoms. The summed E-state index contributed by atoms with van der Waals surface area (Å²) in [6.45, 7) is 6.33. The highest BCUT2D eigenvalue weighted by atomic mass is 35.5. The van der Waals surface area contributed by atoms with Crippen molar-refractivity contribution in [2.75, 3.05) is 6.54 Å². The monoisotopic (exact) mass is 302 g/mol. The molecular weight excluding hydrogens is 283 g/mol. The minimum absolute atomic E-state index is 0.138. The number of carbonyl (C=O) groups excluding carboxylic acids is 1. The summed E-state index contributed by atoms with van der Waals surface area (Å²) in [5, 5.41) is 4.02. The van der Waals surface area contributed by atoms with E-state index >= 15 is 0 Å². The molecule has 1 rings (SSSR count). The molecule has 1 aromatic rings. The van der Waals surface area contributed by atoms with Crippen LogP contribution in [0.15, 0.2) is 18.2 Å². The molecular formula is C14H20Cl2N2O. The molecule has 0 aromatic heterocycles. The predicted octanol–water partition coefficient (Wildman–Crippen LogP) is 3.03. The van der Waals surface area contributed by atoms with Gasteiger partial charge in [-0.1, -0.05) is 44.0 Å². The summed E-state index contributed by atoms with van der Waals surface area (Å²) >= 11 is 11.8. The zero-order valence-corrected chi connectivity index (χ0v) is 13.0. The molecule has 19 heavy (non-hydrogen) atoms. The van der Waals surface area contributed by atoms with Crippen molar-refractivity contribution in [3.05, 3.63) is 33.8 Å². The van der Waals surface area contributed by atoms with Gasteiger partial charge in [0.1, 0.15) is 0 Å². The van der Waals surface area contributed by atoms with Gasteiger partial charge in [-0.2, -0.15) is 0 Å². The average molecular weight is 303 g/mol. The molecule has 1 aromatic carbocycles. The number of halogens is 2. The van der Waals surface area contributed by atoms with Crippen molar-refractivity contribution in [3.63, 3.8) is 0 Å². The Morgan fingerprint density at radius 1 is 1.26 bits per heavy atom. The molecule has 0 fully saturated rings. The van der Waals surface area contributed by atoms with Crippen LogP contribution in [0.2, 0.25) is 10.0 Å². The Hall–Kier alpha value is -0.770. The second kappa shape index (κ2) is 6.60. The summed E-state index contributed by atoms with van der Waals surface area (Å²) in [5.74, 6) is -0.138. The van der Waals surface area contributed by atoms with Crippen molar-refractivity contribution in [2.45, 2.75) is 33.2 Å². The van der Waals surface area contributed by atoms with Gasteiger partial charge in [0.05, 0.1) is 6.04 Å². The summed E-state index contributed by atoms with van der Waals surface area (Å²) in [6.07, 6.45) is 0.670. The first-order chi connectivity index (χ1) is 8.70. The molecule has 0 heterocycles. The fraction of sp³-hybridized carbons (Fsp3) is 0.500. The number of rotatable bonds is 4. The van der Waals surface area contributed by atoms with E-state index in [1.165, 1.54) is 0 Å². The van der Waals surface area contributed by atoms with E-state index in [1.54, 1.807) is 6.07 Å². The zero-order chi connectivity index (χ0) is 14.6. The Kier molecular flexibility index (Phi) is 5.65. The molecule has 106 valence electrons. The SMILES string of the molecule is CC(C)(C)[C@H](N)C(=O)NCCc1cc(Cl)cc(Cl)c1. The third-order valence-electron chi connectivity index (χ3n) is 2.85. The number of benzene rings is 1. The smallest absolute Gasteiger partial charge is 0.237 e. The molecule has 0 saturated heterocycles. The Morgan fingerprint density at radius 3 is 2.26 bits per heavy atom. The van der Waals surface area contributed by atoms with Crippen molar-refractivity contribution >= 4 is 29.1 Å². The number of nitrogens with two attached hydrogens (primary N) is 1. The van der Waals surface area contributed by atoms with Crippen LogP contribution in [0.4, 0.5) is 0 Å². The van der Waals surface area contributed by atoms with Crippen molar-refractivity contribution in [1.82, 2.24) is 5.32 Å². The lowest BCUT2D eigenvalue weighted by Gasteiger charge is -2.25. The van der Waals surface area contributed by atoms with Gasteiger partial charge in [0.25, 0.3) is 0 Å². The molecule has 0 aliphatic carbocycles. The summed E-state index contributed by atoms with van der Waals surface area (Å²) in [7, 11) is 0. The molecule has 0 bridgehead atoms. The Morgan fingerprint density at radius 2 is 1.79 bits per heavy atom. The largest absolute Gasteiger partial charge is 0.354 e. The number of carbonyl (C=O) groups is 1. The predicted molar refractivity (Wildman–Crippen MR) is 80.6 cm³/mol. The number of hydrogen-bond acceptors (Lipinski definition) is 2. The third-order valence-corrected chi connectivity index (χ3v) is 3.29. The molecule has 0 aliphatic heterocycles. The molecule has 3 nitrogen and oxygen atoms in total. The van der Waals surface area contributed by atoms with Crippen molar-refractivity contribution in [2.24, 2.45) is 11.1 Å². The maximum Gasteiger partial charge on any atom is 0.237 e. The quantitative estimate of drug-likeness (QED) is 0.898. The summed E-state index contributed by atoms with van der Waals surface area (Å²) in [4.78, 5) is 11.8. The van der Waals surface area contributed by atoms with Crippen LogP contribution in [0.3, 0.4) is 0 Å². The van der Waals surface area contributed by atoms with Crippen molar-refractivity contribution < 1.29 is 4.79 Å². The van der Waals surface area contributed by atoms with E-state index in [1.807, 2.05) is 32.9 Å². The lowest BCUT2D eigenvalue weighted by molar-refractivity contribution is -0.124. The van der Waals surface area contributed by atoms with Gasteiger partial charge in [-0.15, -0.1) is 0 Å². The van der Waals surface area contributed by atoms with Crippen LogP contribution in [0.25, 0.3) is 0 Å². The van der Waals surface area contributed by atoms with E-state index in [0.717, 1.165) is 5.56 Å². The Balaban J connectivity index is 2.48. The molecule has 0 spiro atoms. The first-order valence-electron chi connectivity index (χ1n) is 6.18. The maximum atomic E-state index is 11.8. The fourth-order valence-corrected chi connectivity index (χ4v) is 2.16. The highest BCUT2D eigenvalue weighted by Crippen LogP contribution is 2.19. The molecule has 0 aliphatic rings. The molecule has 0 unspecified atom stereocenters. The molecule has 1 atom stereocenters. The van der Waals surface area contributed by atoms with Crippen molar-refractivity contribution in [1.29, 1.82) is 0 Å². The van der Waals surface area contributed by atoms with Crippen LogP contribution in [-0.4, -0.2) is 18.5 Å². The van der Waals surface area contributed by atoms with Gasteiger partial charge in [0.2, 0.25) is 5.91 Å². The second-order valence-electron chi connectivity index (χ2n) is 5.66. The van der Waals surface area contributed by atoms with Gasteiger partial charge in [0, 0.05) is 16.6 Å². The van der Waals surface area contributed by atoms with Gasteiger partial charge >= 0.3 is 0 Å². The number of nitrogens with one attached hydrogen (secondary N) is 1. The zero-order valence-electron chi connectivity index (χ0n) is 11.5. The molecule has 1 amide bonds. The van der Waals surface area contributed by atoms with E-state index in [2.05, 4.69) is 5.32 Å². The molecule has 3 N–H and O–H groups in total. The van der Waals surface area contributed by atoms with Crippen molar-refractivity contribution in [3.8, 4) is 0 Å². The van der Waals surface area contributed by atoms with Gasteiger partial charge < -0.3 is 11.1 Å². The third kappa shape index (κ3) is 5.39. The fourth-order valence-electron chi connectivity index (χ4n) is 1.59. The van der Waals surface area contributed by atoms with E-state index in [0.29, 0.717) is 23.0 Å². The van der Waals surface area contributed by atoms with Crippen LogP contribution in [0, 0.1) is 5.41 Å². The standard InChI is InChI=1S/C14H20Cl2N2O/c1-14(2,3)12(17)13(19)18-5-4-9-6-10(15)8-11(16)7-9/h6-8,12H,4-5,17H2,1-3H3,(H,18,19)/t12-/m1/s1. The van der Waals surface area contributed by atoms with E-state index in [4.69, 9.17) is 28.9 Å². The lowest BCUT2D eigenvalue weighted by Crippen LogP contribution is -2.48. The second-order valence-corrected chi connectivity index (χ2v) is 6.54. The Labute approximate surface area is 124 Å². The van der Waals surface area contributed by atoms with Gasteiger partial charge in [-0.05, 0) is 35.6 Å². The van der Waals surface area contributed by atoms with E-state index in [9.17, 15) is 4.79 Å². The molecule has 0 radical (unpaired) electrons. The summed E-state index contributed by atoms with van der Waals surface area (Å²) < 4.78 is 0. The first-order valence-corrected chi connectivity index (χ1v) is 6.94. The highest BCUT2D eigenvalue weighted by molar-refractivity contribution is 6.34. The summed E-state index contributed by atoms with van der Waals surface area (Å²) in [6, 6.07) is 4.84. The summed E-state index contributed by atoms with van der Waals surface area (Å²) in [5.41, 5.74) is 6.61. The van der Waals surface area contributed by atoms with Crippen LogP contribution in [-0.2, 0) is 11.2 Å². The highest BCUT2D eigenvalue weighted by Gasteiger charge is 2.26. The minimum atomic E-state index is -0.518. The van der Waals surface area contributed by atoms with E-state index < -0.39 is 6.04 Å². The lowest BCUT2D eigenvalue weighted by atomic mass is 9.87. The first kappa shape index (κ1) is 16.3. The number of hydrogen-bond donors (Lipinski definition) is 2. The number of amides is 1. The molecule has 0 saturated carbocycles. The normalized spacial score (nSPS) is 13.2. The van der Waals surface area contributed by atoms with Crippen LogP contribution in [0.5, 0.6) is 0 Å².